The number of hydrogen-bond donors (Lipinski definition) is 0. The van der Waals surface area contributed by atoms with Crippen LogP contribution in [0, 0.1) is 0 Å². The van der Waals surface area contributed by atoms with Crippen molar-refractivity contribution in [3.05, 3.63) is 11.6 Å². The maximum Gasteiger partial charge on any atom is 0.333 e. The average molecular weight is 268 g/mol. The highest BCUT2D eigenvalue weighted by atomic mass is 16.5. The number of hydrogen-bond acceptors (Lipinski definition) is 2. The van der Waals surface area contributed by atoms with Crippen LogP contribution < -0.4 is 0 Å². The zero-order chi connectivity index (χ0) is 14.3. The van der Waals surface area contributed by atoms with Crippen LogP contribution in [-0.4, -0.2) is 13.1 Å². The summed E-state index contributed by atoms with van der Waals surface area (Å²) in [6.07, 6.45) is 15.2. The number of ether oxygens (including phenoxy) is 1. The van der Waals surface area contributed by atoms with Crippen LogP contribution in [0.3, 0.4) is 0 Å². The van der Waals surface area contributed by atoms with Gasteiger partial charge in [0.1, 0.15) is 0 Å². The molecule has 2 nitrogen and oxygen atoms in total. The van der Waals surface area contributed by atoms with Crippen molar-refractivity contribution >= 4 is 5.97 Å². The Labute approximate surface area is 119 Å². The summed E-state index contributed by atoms with van der Waals surface area (Å²) >= 11 is 0. The van der Waals surface area contributed by atoms with Gasteiger partial charge in [0.05, 0.1) is 7.11 Å². The molecule has 0 aliphatic carbocycles. The maximum absolute atomic E-state index is 11.7. The summed E-state index contributed by atoms with van der Waals surface area (Å²) in [4.78, 5) is 11.7. The molecule has 0 saturated heterocycles. The third-order valence-corrected chi connectivity index (χ3v) is 3.45. The fourth-order valence-corrected chi connectivity index (χ4v) is 2.18. The Morgan fingerprint density at radius 3 is 2.05 bits per heavy atom. The summed E-state index contributed by atoms with van der Waals surface area (Å²) in [5.74, 6) is -0.134. The molecule has 0 bridgehead atoms. The van der Waals surface area contributed by atoms with E-state index in [0.717, 1.165) is 24.8 Å². The van der Waals surface area contributed by atoms with Crippen LogP contribution in [0.5, 0.6) is 0 Å². The predicted octanol–water partition coefficient (Wildman–Crippen LogP) is 5.42. The highest BCUT2D eigenvalue weighted by Gasteiger charge is 2.08. The second-order valence-corrected chi connectivity index (χ2v) is 5.23. The lowest BCUT2D eigenvalue weighted by Gasteiger charge is -2.05. The number of esters is 1. The Morgan fingerprint density at radius 2 is 1.47 bits per heavy atom. The SMILES string of the molecule is CCCCCCC/C=C(\CCCCCC)C(=O)OC. The molecule has 0 saturated carbocycles. The summed E-state index contributed by atoms with van der Waals surface area (Å²) in [7, 11) is 1.48. The van der Waals surface area contributed by atoms with E-state index in [1.54, 1.807) is 0 Å². The van der Waals surface area contributed by atoms with Gasteiger partial charge in [-0.15, -0.1) is 0 Å². The van der Waals surface area contributed by atoms with Gasteiger partial charge in [-0.3, -0.25) is 0 Å². The number of rotatable bonds is 12. The van der Waals surface area contributed by atoms with E-state index in [2.05, 4.69) is 19.9 Å². The van der Waals surface area contributed by atoms with Crippen molar-refractivity contribution in [1.82, 2.24) is 0 Å². The van der Waals surface area contributed by atoms with E-state index < -0.39 is 0 Å². The van der Waals surface area contributed by atoms with E-state index in [-0.39, 0.29) is 5.97 Å². The molecule has 0 aromatic carbocycles. The monoisotopic (exact) mass is 268 g/mol. The molecule has 2 heteroatoms. The number of carbonyl (C=O) groups is 1. The number of allylic oxidation sites excluding steroid dienone is 1. The molecule has 19 heavy (non-hydrogen) atoms. The minimum Gasteiger partial charge on any atom is -0.466 e. The molecule has 0 aromatic rings. The Kier molecular flexibility index (Phi) is 13.1. The first kappa shape index (κ1) is 18.2. The standard InChI is InChI=1S/C17H32O2/c1-4-6-8-10-11-13-15-16(17(18)19-3)14-12-9-7-5-2/h15H,4-14H2,1-3H3/b16-15+. The van der Waals surface area contributed by atoms with Gasteiger partial charge in [-0.2, -0.15) is 0 Å². The normalized spacial score (nSPS) is 11.6. The molecule has 0 aliphatic heterocycles. The van der Waals surface area contributed by atoms with E-state index in [1.807, 2.05) is 0 Å². The summed E-state index contributed by atoms with van der Waals surface area (Å²) in [5.41, 5.74) is 0.883. The molecule has 112 valence electrons. The molecule has 0 aromatic heterocycles. The molecule has 0 heterocycles. The highest BCUT2D eigenvalue weighted by molar-refractivity contribution is 5.88. The summed E-state index contributed by atoms with van der Waals surface area (Å²) < 4.78 is 4.86. The van der Waals surface area contributed by atoms with Crippen LogP contribution in [0.4, 0.5) is 0 Å². The molecule has 0 atom stereocenters. The van der Waals surface area contributed by atoms with Crippen molar-refractivity contribution in [1.29, 1.82) is 0 Å². The first-order valence-electron chi connectivity index (χ1n) is 8.03. The Hall–Kier alpha value is -0.790. The van der Waals surface area contributed by atoms with Crippen LogP contribution in [0.25, 0.3) is 0 Å². The number of unbranched alkanes of at least 4 members (excludes halogenated alkanes) is 8. The lowest BCUT2D eigenvalue weighted by atomic mass is 10.0. The lowest BCUT2D eigenvalue weighted by Crippen LogP contribution is -2.05. The van der Waals surface area contributed by atoms with Crippen LogP contribution in [0.2, 0.25) is 0 Å². The first-order chi connectivity index (χ1) is 9.26. The summed E-state index contributed by atoms with van der Waals surface area (Å²) in [6, 6.07) is 0. The Balaban J connectivity index is 3.93. The molecule has 0 N–H and O–H groups in total. The molecular formula is C17H32O2. The van der Waals surface area contributed by atoms with Crippen molar-refractivity contribution < 1.29 is 9.53 Å². The van der Waals surface area contributed by atoms with Gasteiger partial charge < -0.3 is 4.74 Å². The lowest BCUT2D eigenvalue weighted by molar-refractivity contribution is -0.136. The smallest absolute Gasteiger partial charge is 0.333 e. The third-order valence-electron chi connectivity index (χ3n) is 3.45. The van der Waals surface area contributed by atoms with Gasteiger partial charge >= 0.3 is 5.97 Å². The molecule has 0 rings (SSSR count). The van der Waals surface area contributed by atoms with Crippen molar-refractivity contribution in [3.8, 4) is 0 Å². The van der Waals surface area contributed by atoms with Crippen LogP contribution in [-0.2, 0) is 9.53 Å². The topological polar surface area (TPSA) is 26.3 Å². The fourth-order valence-electron chi connectivity index (χ4n) is 2.18. The van der Waals surface area contributed by atoms with E-state index >= 15 is 0 Å². The van der Waals surface area contributed by atoms with Gasteiger partial charge in [0, 0.05) is 5.57 Å². The number of carbonyl (C=O) groups excluding carboxylic acids is 1. The predicted molar refractivity (Wildman–Crippen MR) is 82.2 cm³/mol. The van der Waals surface area contributed by atoms with Gasteiger partial charge in [0.25, 0.3) is 0 Å². The van der Waals surface area contributed by atoms with Crippen molar-refractivity contribution in [2.75, 3.05) is 7.11 Å². The van der Waals surface area contributed by atoms with Crippen molar-refractivity contribution in [2.45, 2.75) is 84.5 Å². The Bertz CT molecular complexity index is 244. The second kappa shape index (κ2) is 13.6. The first-order valence-corrected chi connectivity index (χ1v) is 8.03. The van der Waals surface area contributed by atoms with Crippen molar-refractivity contribution in [3.63, 3.8) is 0 Å². The van der Waals surface area contributed by atoms with E-state index in [4.69, 9.17) is 4.74 Å². The molecule has 0 amide bonds. The van der Waals surface area contributed by atoms with Crippen molar-refractivity contribution in [2.24, 2.45) is 0 Å². The van der Waals surface area contributed by atoms with Crippen LogP contribution in [0.1, 0.15) is 84.5 Å². The zero-order valence-electron chi connectivity index (χ0n) is 13.2. The van der Waals surface area contributed by atoms with E-state index in [1.165, 1.54) is 58.5 Å². The van der Waals surface area contributed by atoms with E-state index in [9.17, 15) is 4.79 Å². The largest absolute Gasteiger partial charge is 0.466 e. The maximum atomic E-state index is 11.7. The molecule has 0 spiro atoms. The Morgan fingerprint density at radius 1 is 0.895 bits per heavy atom. The van der Waals surface area contributed by atoms with Gasteiger partial charge in [0.2, 0.25) is 0 Å². The van der Waals surface area contributed by atoms with Gasteiger partial charge in [-0.05, 0) is 25.7 Å². The molecular weight excluding hydrogens is 236 g/mol. The average Bonchev–Trinajstić information content (AvgIpc) is 2.44. The molecule has 0 radical (unpaired) electrons. The third kappa shape index (κ3) is 10.8. The minimum absolute atomic E-state index is 0.134. The highest BCUT2D eigenvalue weighted by Crippen LogP contribution is 2.14. The fraction of sp³-hybridized carbons (Fsp3) is 0.824. The minimum atomic E-state index is -0.134. The molecule has 0 fully saturated rings. The van der Waals surface area contributed by atoms with E-state index in [0.29, 0.717) is 0 Å². The van der Waals surface area contributed by atoms with Gasteiger partial charge in [-0.25, -0.2) is 4.79 Å². The second-order valence-electron chi connectivity index (χ2n) is 5.23. The molecule has 0 aliphatic rings. The zero-order valence-corrected chi connectivity index (χ0v) is 13.2. The van der Waals surface area contributed by atoms with Gasteiger partial charge in [0.15, 0.2) is 0 Å². The van der Waals surface area contributed by atoms with Crippen LogP contribution in [0.15, 0.2) is 11.6 Å². The summed E-state index contributed by atoms with van der Waals surface area (Å²) in [5, 5.41) is 0. The quantitative estimate of drug-likeness (QED) is 0.268. The summed E-state index contributed by atoms with van der Waals surface area (Å²) in [6.45, 7) is 4.43. The van der Waals surface area contributed by atoms with Gasteiger partial charge in [-0.1, -0.05) is 64.9 Å². The number of methoxy groups -OCH3 is 1. The van der Waals surface area contributed by atoms with Crippen LogP contribution >= 0.6 is 0 Å². The molecule has 0 unspecified atom stereocenters.